The minimum absolute atomic E-state index is 0.0457. The van der Waals surface area contributed by atoms with E-state index in [4.69, 9.17) is 5.73 Å². The number of hydrogen-bond donors (Lipinski definition) is 3. The molecular formula is C61H76F3N3O7. The third-order valence-corrected chi connectivity index (χ3v) is 16.4. The van der Waals surface area contributed by atoms with Crippen molar-refractivity contribution in [1.29, 1.82) is 0 Å². The number of aliphatic hydroxyl groups excluding tert-OH is 2. The molecule has 0 aliphatic carbocycles. The number of nitrogens with zero attached hydrogens (tertiary/aromatic N) is 2. The predicted molar refractivity (Wildman–Crippen MR) is 294 cm³/mol. The molecule has 0 saturated carbocycles. The maximum Gasteiger partial charge on any atom is 0.283 e. The summed E-state index contributed by atoms with van der Waals surface area (Å²) in [6, 6.07) is 5.01. The van der Waals surface area contributed by atoms with E-state index in [1.807, 2.05) is 117 Å². The van der Waals surface area contributed by atoms with Gasteiger partial charge in [-0.3, -0.25) is 25.0 Å². The first-order chi connectivity index (χ1) is 34.0. The molecule has 0 amide bonds. The fraction of sp³-hybridized carbons (Fsp3) is 0.393. The molecule has 4 N–H and O–H groups in total. The number of rotatable bonds is 7. The number of hydrogen-bond acceptors (Lipinski definition) is 8. The van der Waals surface area contributed by atoms with E-state index in [-0.39, 0.29) is 39.7 Å². The highest BCUT2D eigenvalue weighted by atomic mass is 19.1. The van der Waals surface area contributed by atoms with Crippen LogP contribution in [0, 0.1) is 190 Å². The van der Waals surface area contributed by atoms with Crippen LogP contribution in [0.4, 0.5) is 30.2 Å². The number of nitro benzene ring substituents is 2. The van der Waals surface area contributed by atoms with Crippen LogP contribution in [0.15, 0.2) is 18.2 Å². The van der Waals surface area contributed by atoms with Gasteiger partial charge in [0, 0.05) is 33.5 Å². The Morgan fingerprint density at radius 3 is 1.05 bits per heavy atom. The highest BCUT2D eigenvalue weighted by Gasteiger charge is 2.31. The van der Waals surface area contributed by atoms with Gasteiger partial charge in [-0.25, -0.2) is 13.2 Å². The Balaban J connectivity index is 0.000000271. The predicted octanol–water partition coefficient (Wildman–Crippen LogP) is 15.3. The molecule has 13 heteroatoms. The summed E-state index contributed by atoms with van der Waals surface area (Å²) in [5.41, 5.74) is 26.4. The zero-order chi connectivity index (χ0) is 57.2. The van der Waals surface area contributed by atoms with Gasteiger partial charge in [0.05, 0.1) is 21.0 Å². The van der Waals surface area contributed by atoms with Crippen LogP contribution in [-0.2, 0) is 0 Å². The quantitative estimate of drug-likeness (QED) is 0.0614. The average Bonchev–Trinajstić information content (AvgIpc) is 3.35. The number of aliphatic hydroxyl groups is 2. The lowest BCUT2D eigenvalue weighted by molar-refractivity contribution is -0.386. The Morgan fingerprint density at radius 1 is 0.405 bits per heavy atom. The minimum atomic E-state index is -1.39. The fourth-order valence-electron chi connectivity index (χ4n) is 9.35. The first-order valence-corrected chi connectivity index (χ1v) is 24.5. The largest absolute Gasteiger partial charge is 0.398 e. The average molecular weight is 1020 g/mol. The van der Waals surface area contributed by atoms with Crippen molar-refractivity contribution >= 4 is 23.3 Å². The summed E-state index contributed by atoms with van der Waals surface area (Å²) >= 11 is 0. The molecule has 0 heterocycles. The SMILES string of the molecule is Cc1c(C)c(C)c(F)c(C)c1C.Cc1cc(C(O)c2c(C)c(C)c(C)c(C)c2F)c(N)c(C)c1C.Cc1cc(C(O)c2c(C)c(C)c(C)c(C)c2F)c([N+](=O)[O-])c(C)c1C.Cc1cc(C=O)c([N+](=O)[O-])c(C)c1C. The Labute approximate surface area is 436 Å². The molecule has 398 valence electrons. The summed E-state index contributed by atoms with van der Waals surface area (Å²) in [6.07, 6.45) is -1.93. The molecule has 0 spiro atoms. The highest BCUT2D eigenvalue weighted by molar-refractivity contribution is 5.83. The standard InChI is InChI=1S/C20H24FNO3.C20H26FNO.C11H15F.C10H11NO3/c1-9-8-16(19(22(24)25)15(7)10(9)2)20(23)17-13(5)11(3)12(4)14(6)18(17)21;1-9-8-16(19(22)15(7)10(9)2)20(23)17-13(5)11(3)12(4)14(6)18(17)21;1-6-7(2)9(4)11(12)10(5)8(6)3;1-6-4-9(5-12)10(11(13)14)8(3)7(6)2/h8,20,23H,1-7H3;8,20,23H,22H2,1-7H3;1-5H3;4-5H,1-3H3. The second kappa shape index (κ2) is 24.1. The first-order valence-electron chi connectivity index (χ1n) is 24.5. The van der Waals surface area contributed by atoms with Crippen molar-refractivity contribution in [1.82, 2.24) is 0 Å². The Kier molecular flexibility index (Phi) is 20.1. The molecule has 0 radical (unpaired) electrons. The maximum absolute atomic E-state index is 14.9. The van der Waals surface area contributed by atoms with Crippen LogP contribution >= 0.6 is 0 Å². The lowest BCUT2D eigenvalue weighted by Gasteiger charge is -2.23. The van der Waals surface area contributed by atoms with E-state index in [9.17, 15) is 48.4 Å². The number of nitrogen functional groups attached to an aromatic ring is 1. The molecule has 0 aromatic heterocycles. The second-order valence-electron chi connectivity index (χ2n) is 20.0. The highest BCUT2D eigenvalue weighted by Crippen LogP contribution is 2.41. The van der Waals surface area contributed by atoms with E-state index in [0.717, 1.165) is 89.0 Å². The van der Waals surface area contributed by atoms with E-state index in [2.05, 4.69) is 0 Å². The van der Waals surface area contributed by atoms with E-state index in [1.165, 1.54) is 5.56 Å². The molecular weight excluding hydrogens is 944 g/mol. The second-order valence-corrected chi connectivity index (χ2v) is 20.0. The number of nitro groups is 2. The lowest BCUT2D eigenvalue weighted by Crippen LogP contribution is -2.13. The topological polar surface area (TPSA) is 170 Å². The Bertz CT molecular complexity index is 3080. The molecule has 2 atom stereocenters. The van der Waals surface area contributed by atoms with Crippen molar-refractivity contribution in [2.75, 3.05) is 5.73 Å². The number of aldehydes is 1. The Morgan fingerprint density at radius 2 is 0.689 bits per heavy atom. The monoisotopic (exact) mass is 1020 g/mol. The van der Waals surface area contributed by atoms with Crippen LogP contribution in [-0.4, -0.2) is 26.3 Å². The molecule has 6 rings (SSSR count). The molecule has 0 fully saturated rings. The molecule has 6 aromatic carbocycles. The molecule has 74 heavy (non-hydrogen) atoms. The van der Waals surface area contributed by atoms with Gasteiger partial charge in [-0.15, -0.1) is 0 Å². The van der Waals surface area contributed by atoms with Crippen LogP contribution in [0.1, 0.15) is 167 Å². The van der Waals surface area contributed by atoms with Gasteiger partial charge in [0.25, 0.3) is 11.4 Å². The Hall–Kier alpha value is -6.70. The summed E-state index contributed by atoms with van der Waals surface area (Å²) in [5, 5.41) is 44.1. The van der Waals surface area contributed by atoms with Crippen LogP contribution in [0.3, 0.4) is 0 Å². The van der Waals surface area contributed by atoms with Crippen LogP contribution in [0.2, 0.25) is 0 Å². The van der Waals surface area contributed by atoms with Gasteiger partial charge < -0.3 is 15.9 Å². The normalized spacial score (nSPS) is 11.7. The van der Waals surface area contributed by atoms with Gasteiger partial charge in [0.1, 0.15) is 29.7 Å². The molecule has 0 aliphatic heterocycles. The minimum Gasteiger partial charge on any atom is -0.398 e. The number of anilines is 1. The summed E-state index contributed by atoms with van der Waals surface area (Å²) in [4.78, 5) is 31.9. The van der Waals surface area contributed by atoms with E-state index in [0.29, 0.717) is 50.9 Å². The third kappa shape index (κ3) is 11.8. The summed E-state index contributed by atoms with van der Waals surface area (Å²) in [6.45, 7) is 40.8. The van der Waals surface area contributed by atoms with E-state index >= 15 is 0 Å². The van der Waals surface area contributed by atoms with Crippen molar-refractivity contribution in [3.8, 4) is 0 Å². The summed E-state index contributed by atoms with van der Waals surface area (Å²) < 4.78 is 43.2. The number of carbonyl (C=O) groups excluding carboxylic acids is 1. The number of nitrogens with two attached hydrogens (primary N) is 1. The van der Waals surface area contributed by atoms with Gasteiger partial charge in [-0.2, -0.15) is 0 Å². The fourth-order valence-corrected chi connectivity index (χ4v) is 9.35. The third-order valence-electron chi connectivity index (χ3n) is 16.4. The van der Waals surface area contributed by atoms with Crippen LogP contribution in [0.25, 0.3) is 0 Å². The van der Waals surface area contributed by atoms with Crippen LogP contribution in [0.5, 0.6) is 0 Å². The van der Waals surface area contributed by atoms with Crippen molar-refractivity contribution < 1.29 is 38.0 Å². The van der Waals surface area contributed by atoms with Crippen molar-refractivity contribution in [2.24, 2.45) is 0 Å². The van der Waals surface area contributed by atoms with Crippen molar-refractivity contribution in [3.63, 3.8) is 0 Å². The molecule has 10 nitrogen and oxygen atoms in total. The molecule has 6 aromatic rings. The molecule has 0 saturated heterocycles. The van der Waals surface area contributed by atoms with E-state index < -0.39 is 27.9 Å². The van der Waals surface area contributed by atoms with E-state index in [1.54, 1.807) is 53.7 Å². The van der Waals surface area contributed by atoms with Crippen LogP contribution < -0.4 is 5.73 Å². The first kappa shape index (κ1) is 61.6. The number of halogens is 3. The number of aryl methyl sites for hydroxylation is 3. The van der Waals surface area contributed by atoms with Gasteiger partial charge in [-0.05, 0) is 276 Å². The zero-order valence-corrected chi connectivity index (χ0v) is 47.5. The summed E-state index contributed by atoms with van der Waals surface area (Å²) in [5.74, 6) is -0.887. The summed E-state index contributed by atoms with van der Waals surface area (Å²) in [7, 11) is 0. The molecule has 0 bridgehead atoms. The van der Waals surface area contributed by atoms with Gasteiger partial charge >= 0.3 is 0 Å². The lowest BCUT2D eigenvalue weighted by atomic mass is 9.86. The maximum atomic E-state index is 14.9. The molecule has 0 aliphatic rings. The van der Waals surface area contributed by atoms with Gasteiger partial charge in [0.2, 0.25) is 0 Å². The number of benzene rings is 6. The van der Waals surface area contributed by atoms with Crippen molar-refractivity contribution in [3.05, 3.63) is 206 Å². The van der Waals surface area contributed by atoms with Crippen molar-refractivity contribution in [2.45, 2.75) is 165 Å². The zero-order valence-electron chi connectivity index (χ0n) is 47.5. The van der Waals surface area contributed by atoms with Gasteiger partial charge in [0.15, 0.2) is 6.29 Å². The van der Waals surface area contributed by atoms with Gasteiger partial charge in [-0.1, -0.05) is 6.07 Å². The number of carbonyl (C=O) groups is 1. The smallest absolute Gasteiger partial charge is 0.283 e. The molecule has 2 unspecified atom stereocenters.